The van der Waals surface area contributed by atoms with Gasteiger partial charge in [0.1, 0.15) is 4.60 Å². The highest BCUT2D eigenvalue weighted by Crippen LogP contribution is 2.34. The van der Waals surface area contributed by atoms with Gasteiger partial charge in [0.15, 0.2) is 17.3 Å². The number of anilines is 2. The Morgan fingerprint density at radius 3 is 2.57 bits per heavy atom. The first-order valence-electron chi connectivity index (χ1n) is 6.50. The van der Waals surface area contributed by atoms with Crippen molar-refractivity contribution < 1.29 is 13.2 Å². The van der Waals surface area contributed by atoms with Crippen LogP contribution in [0.4, 0.5) is 24.8 Å². The van der Waals surface area contributed by atoms with Crippen molar-refractivity contribution in [3.63, 3.8) is 0 Å². The lowest BCUT2D eigenvalue weighted by atomic mass is 9.91. The summed E-state index contributed by atoms with van der Waals surface area (Å²) < 4.78 is 37.7. The number of hydrogen-bond acceptors (Lipinski definition) is 5. The van der Waals surface area contributed by atoms with Crippen molar-refractivity contribution in [2.75, 3.05) is 17.6 Å². The van der Waals surface area contributed by atoms with Gasteiger partial charge in [-0.25, -0.2) is 9.97 Å². The predicted octanol–water partition coefficient (Wildman–Crippen LogP) is 2.78. The Hall–Kier alpha value is -1.09. The van der Waals surface area contributed by atoms with E-state index in [9.17, 15) is 13.2 Å². The van der Waals surface area contributed by atoms with Gasteiger partial charge < -0.3 is 16.4 Å². The molecule has 0 spiro atoms. The van der Waals surface area contributed by atoms with E-state index in [-0.39, 0.29) is 27.8 Å². The number of alkyl halides is 3. The number of rotatable bonds is 2. The highest BCUT2D eigenvalue weighted by molar-refractivity contribution is 9.10. The first-order valence-corrected chi connectivity index (χ1v) is 7.29. The van der Waals surface area contributed by atoms with Crippen LogP contribution < -0.4 is 16.4 Å². The minimum Gasteiger partial charge on any atom is -0.381 e. The second kappa shape index (κ2) is 5.60. The molecule has 0 aliphatic carbocycles. The SMILES string of the molecule is CC1(C)CCC(Nc2nc(Br)c(C(F)(F)F)nc2N)CN1. The highest BCUT2D eigenvalue weighted by Gasteiger charge is 2.37. The quantitative estimate of drug-likeness (QED) is 0.749. The van der Waals surface area contributed by atoms with Crippen molar-refractivity contribution in [3.05, 3.63) is 10.3 Å². The lowest BCUT2D eigenvalue weighted by Crippen LogP contribution is -2.50. The van der Waals surface area contributed by atoms with E-state index in [1.165, 1.54) is 0 Å². The minimum absolute atomic E-state index is 0.0539. The summed E-state index contributed by atoms with van der Waals surface area (Å²) in [5.41, 5.74) is 4.53. The second-order valence-electron chi connectivity index (χ2n) is 5.74. The Balaban J connectivity index is 2.13. The molecule has 1 fully saturated rings. The van der Waals surface area contributed by atoms with E-state index in [0.717, 1.165) is 12.8 Å². The molecule has 1 aliphatic rings. The third kappa shape index (κ3) is 3.97. The van der Waals surface area contributed by atoms with E-state index < -0.39 is 11.9 Å². The second-order valence-corrected chi connectivity index (χ2v) is 6.49. The van der Waals surface area contributed by atoms with Gasteiger partial charge in [-0.1, -0.05) is 0 Å². The monoisotopic (exact) mass is 367 g/mol. The highest BCUT2D eigenvalue weighted by atomic mass is 79.9. The fourth-order valence-corrected chi connectivity index (χ4v) is 2.65. The molecule has 1 aromatic heterocycles. The smallest absolute Gasteiger partial charge is 0.381 e. The average molecular weight is 368 g/mol. The fourth-order valence-electron chi connectivity index (χ4n) is 2.16. The van der Waals surface area contributed by atoms with Crippen LogP contribution >= 0.6 is 15.9 Å². The van der Waals surface area contributed by atoms with Crippen LogP contribution in [0.15, 0.2) is 4.60 Å². The van der Waals surface area contributed by atoms with Gasteiger partial charge >= 0.3 is 6.18 Å². The van der Waals surface area contributed by atoms with Crippen molar-refractivity contribution >= 4 is 27.6 Å². The molecule has 0 bridgehead atoms. The summed E-state index contributed by atoms with van der Waals surface area (Å²) in [6, 6.07) is 0.0539. The lowest BCUT2D eigenvalue weighted by molar-refractivity contribution is -0.142. The van der Waals surface area contributed by atoms with Crippen molar-refractivity contribution in [2.24, 2.45) is 0 Å². The maximum absolute atomic E-state index is 12.7. The van der Waals surface area contributed by atoms with Gasteiger partial charge in [0, 0.05) is 18.1 Å². The molecule has 1 saturated heterocycles. The van der Waals surface area contributed by atoms with Crippen molar-refractivity contribution in [1.29, 1.82) is 0 Å². The van der Waals surface area contributed by atoms with Crippen LogP contribution in [0.25, 0.3) is 0 Å². The lowest BCUT2D eigenvalue weighted by Gasteiger charge is -2.36. The molecule has 1 aliphatic heterocycles. The van der Waals surface area contributed by atoms with Gasteiger partial charge in [0.25, 0.3) is 0 Å². The number of nitrogens with two attached hydrogens (primary N) is 1. The molecular weight excluding hydrogens is 351 g/mol. The van der Waals surface area contributed by atoms with Crippen LogP contribution in [0.5, 0.6) is 0 Å². The molecule has 4 N–H and O–H groups in total. The molecule has 0 aromatic carbocycles. The Morgan fingerprint density at radius 1 is 1.38 bits per heavy atom. The molecule has 2 rings (SSSR count). The number of aromatic nitrogens is 2. The Kier molecular flexibility index (Phi) is 4.34. The summed E-state index contributed by atoms with van der Waals surface area (Å²) in [5, 5.41) is 6.40. The average Bonchev–Trinajstić information content (AvgIpc) is 2.34. The zero-order valence-corrected chi connectivity index (χ0v) is 13.3. The molecule has 1 unspecified atom stereocenters. The van der Waals surface area contributed by atoms with Gasteiger partial charge in [-0.15, -0.1) is 0 Å². The van der Waals surface area contributed by atoms with Gasteiger partial charge in [-0.3, -0.25) is 0 Å². The van der Waals surface area contributed by atoms with E-state index in [1.54, 1.807) is 0 Å². The van der Waals surface area contributed by atoms with Crippen LogP contribution in [0.2, 0.25) is 0 Å². The third-order valence-corrected chi connectivity index (χ3v) is 3.99. The normalized spacial score (nSPS) is 22.1. The molecule has 0 radical (unpaired) electrons. The molecular formula is C12H17BrF3N5. The number of nitrogen functional groups attached to an aromatic ring is 1. The van der Waals surface area contributed by atoms with Crippen LogP contribution in [0.1, 0.15) is 32.4 Å². The predicted molar refractivity (Wildman–Crippen MR) is 77.9 cm³/mol. The summed E-state index contributed by atoms with van der Waals surface area (Å²) >= 11 is 2.80. The number of nitrogens with zero attached hydrogens (tertiary/aromatic N) is 2. The zero-order valence-electron chi connectivity index (χ0n) is 11.7. The Morgan fingerprint density at radius 2 is 2.05 bits per heavy atom. The maximum Gasteiger partial charge on any atom is 0.436 e. The topological polar surface area (TPSA) is 75.9 Å². The van der Waals surface area contributed by atoms with Crippen molar-refractivity contribution in [3.8, 4) is 0 Å². The summed E-state index contributed by atoms with van der Waals surface area (Å²) in [7, 11) is 0. The first kappa shape index (κ1) is 16.3. The molecule has 21 heavy (non-hydrogen) atoms. The fraction of sp³-hybridized carbons (Fsp3) is 0.667. The molecule has 118 valence electrons. The van der Waals surface area contributed by atoms with Crippen molar-refractivity contribution in [1.82, 2.24) is 15.3 Å². The number of nitrogens with one attached hydrogen (secondary N) is 2. The van der Waals surface area contributed by atoms with Gasteiger partial charge in [-0.2, -0.15) is 13.2 Å². The molecule has 0 saturated carbocycles. The van der Waals surface area contributed by atoms with E-state index in [2.05, 4.69) is 50.4 Å². The molecule has 0 amide bonds. The zero-order chi connectivity index (χ0) is 15.8. The Bertz CT molecular complexity index is 522. The van der Waals surface area contributed by atoms with Crippen molar-refractivity contribution in [2.45, 2.75) is 44.4 Å². The van der Waals surface area contributed by atoms with E-state index in [1.807, 2.05) is 0 Å². The summed E-state index contributed by atoms with van der Waals surface area (Å²) in [6.07, 6.45) is -2.77. The maximum atomic E-state index is 12.7. The largest absolute Gasteiger partial charge is 0.436 e. The van der Waals surface area contributed by atoms with E-state index in [4.69, 9.17) is 5.73 Å². The summed E-state index contributed by atoms with van der Waals surface area (Å²) in [5.74, 6) is -0.0864. The Labute approximate surface area is 129 Å². The van der Waals surface area contributed by atoms with Crippen LogP contribution in [-0.2, 0) is 6.18 Å². The number of hydrogen-bond donors (Lipinski definition) is 3. The number of halogens is 4. The van der Waals surface area contributed by atoms with Gasteiger partial charge in [-0.05, 0) is 42.6 Å². The van der Waals surface area contributed by atoms with E-state index >= 15 is 0 Å². The number of piperidine rings is 1. The molecule has 5 nitrogen and oxygen atoms in total. The molecule has 1 atom stereocenters. The van der Waals surface area contributed by atoms with Crippen LogP contribution in [0.3, 0.4) is 0 Å². The summed E-state index contributed by atoms with van der Waals surface area (Å²) in [6.45, 7) is 4.89. The van der Waals surface area contributed by atoms with Crippen LogP contribution in [0, 0.1) is 0 Å². The van der Waals surface area contributed by atoms with E-state index in [0.29, 0.717) is 6.54 Å². The minimum atomic E-state index is -4.59. The third-order valence-electron chi connectivity index (χ3n) is 3.43. The molecule has 9 heteroatoms. The molecule has 1 aromatic rings. The van der Waals surface area contributed by atoms with Gasteiger partial charge in [0.05, 0.1) is 0 Å². The standard InChI is InChI=1S/C12H17BrF3N5/c1-11(2)4-3-6(5-18-11)19-10-9(17)20-7(8(13)21-10)12(14,15)16/h6,18H,3-5H2,1-2H3,(H2,17,20)(H,19,21). The molecule has 2 heterocycles. The van der Waals surface area contributed by atoms with Crippen LogP contribution in [-0.4, -0.2) is 28.1 Å². The van der Waals surface area contributed by atoms with Gasteiger partial charge in [0.2, 0.25) is 0 Å². The summed E-state index contributed by atoms with van der Waals surface area (Å²) in [4.78, 5) is 7.24. The first-order chi connectivity index (χ1) is 9.58.